The molecule has 74 valence electrons. The number of nitrogens with zero attached hydrogens (tertiary/aromatic N) is 1. The third-order valence-electron chi connectivity index (χ3n) is 1.37. The molecule has 0 heterocycles. The second-order valence-electron chi connectivity index (χ2n) is 2.31. The summed E-state index contributed by atoms with van der Waals surface area (Å²) in [6, 6.07) is 3.30. The summed E-state index contributed by atoms with van der Waals surface area (Å²) in [5.74, 6) is -1.14. The minimum absolute atomic E-state index is 0.0666. The van der Waals surface area contributed by atoms with Crippen LogP contribution >= 0.6 is 22.3 Å². The second kappa shape index (κ2) is 3.73. The Kier molecular flexibility index (Phi) is 3.00. The molecule has 0 aliphatic carbocycles. The molecule has 1 rings (SSSR count). The quantitative estimate of drug-likeness (QED) is 0.722. The highest BCUT2D eigenvalue weighted by Crippen LogP contribution is 2.26. The van der Waals surface area contributed by atoms with E-state index in [1.807, 2.05) is 0 Å². The minimum Gasteiger partial charge on any atom is -0.207 e. The molecule has 0 radical (unpaired) electrons. The van der Waals surface area contributed by atoms with E-state index in [1.54, 1.807) is 0 Å². The molecule has 0 saturated carbocycles. The summed E-state index contributed by atoms with van der Waals surface area (Å²) in [4.78, 5) is -0.842. The van der Waals surface area contributed by atoms with Crippen LogP contribution in [0.3, 0.4) is 0 Å². The molecular weight excluding hydrogens is 252 g/mol. The Bertz CT molecular complexity index is 521. The van der Waals surface area contributed by atoms with Crippen molar-refractivity contribution >= 4 is 31.3 Å². The van der Waals surface area contributed by atoms with Crippen molar-refractivity contribution in [3.63, 3.8) is 0 Å². The molecule has 0 aliphatic rings. The highest BCUT2D eigenvalue weighted by molar-refractivity contribution is 8.13. The van der Waals surface area contributed by atoms with Crippen LogP contribution < -0.4 is 0 Å². The molecule has 1 aromatic carbocycles. The smallest absolute Gasteiger partial charge is 0.207 e. The van der Waals surface area contributed by atoms with Gasteiger partial charge in [0.25, 0.3) is 9.05 Å². The number of hydrogen-bond acceptors (Lipinski definition) is 3. The van der Waals surface area contributed by atoms with E-state index in [-0.39, 0.29) is 5.02 Å². The standard InChI is InChI=1S/C7H2Cl2FNO2S/c8-5-1-4(3-11)7(6(10)2-5)14(9,12)13/h1-2H. The summed E-state index contributed by atoms with van der Waals surface area (Å²) in [6.45, 7) is 0. The number of nitriles is 1. The van der Waals surface area contributed by atoms with Gasteiger partial charge >= 0.3 is 0 Å². The summed E-state index contributed by atoms with van der Waals surface area (Å²) in [6.07, 6.45) is 0. The van der Waals surface area contributed by atoms with E-state index in [2.05, 4.69) is 0 Å². The van der Waals surface area contributed by atoms with E-state index in [4.69, 9.17) is 27.5 Å². The highest BCUT2D eigenvalue weighted by Gasteiger charge is 2.21. The van der Waals surface area contributed by atoms with Crippen molar-refractivity contribution in [2.75, 3.05) is 0 Å². The fourth-order valence-corrected chi connectivity index (χ4v) is 2.23. The van der Waals surface area contributed by atoms with Crippen molar-refractivity contribution in [1.29, 1.82) is 5.26 Å². The molecule has 0 fully saturated rings. The highest BCUT2D eigenvalue weighted by atomic mass is 35.7. The van der Waals surface area contributed by atoms with E-state index in [0.717, 1.165) is 12.1 Å². The molecule has 0 N–H and O–H groups in total. The van der Waals surface area contributed by atoms with Crippen LogP contribution in [0.2, 0.25) is 5.02 Å². The van der Waals surface area contributed by atoms with Crippen molar-refractivity contribution < 1.29 is 12.8 Å². The molecule has 0 bridgehead atoms. The maximum Gasteiger partial charge on any atom is 0.265 e. The van der Waals surface area contributed by atoms with Crippen molar-refractivity contribution in [2.24, 2.45) is 0 Å². The molecule has 3 nitrogen and oxygen atoms in total. The van der Waals surface area contributed by atoms with Gasteiger partial charge in [-0.2, -0.15) is 5.26 Å². The Hall–Kier alpha value is -0.830. The first-order valence-electron chi connectivity index (χ1n) is 3.20. The van der Waals surface area contributed by atoms with E-state index < -0.39 is 25.3 Å². The Morgan fingerprint density at radius 1 is 1.43 bits per heavy atom. The molecule has 0 amide bonds. The van der Waals surface area contributed by atoms with Crippen LogP contribution in [0.15, 0.2) is 17.0 Å². The summed E-state index contributed by atoms with van der Waals surface area (Å²) in [5, 5.41) is 8.47. The molecule has 1 aromatic rings. The van der Waals surface area contributed by atoms with Crippen LogP contribution in [0.5, 0.6) is 0 Å². The lowest BCUT2D eigenvalue weighted by Crippen LogP contribution is -1.99. The lowest BCUT2D eigenvalue weighted by atomic mass is 10.2. The van der Waals surface area contributed by atoms with Gasteiger partial charge in [-0.05, 0) is 12.1 Å². The first-order chi connectivity index (χ1) is 6.36. The zero-order chi connectivity index (χ0) is 10.9. The van der Waals surface area contributed by atoms with Gasteiger partial charge in [-0.1, -0.05) is 11.6 Å². The van der Waals surface area contributed by atoms with Crippen LogP contribution in [0, 0.1) is 17.1 Å². The number of benzene rings is 1. The summed E-state index contributed by atoms with van der Waals surface area (Å²) in [7, 11) is 0.661. The molecule has 0 spiro atoms. The topological polar surface area (TPSA) is 57.9 Å². The van der Waals surface area contributed by atoms with Crippen LogP contribution in [0.25, 0.3) is 0 Å². The monoisotopic (exact) mass is 253 g/mol. The first kappa shape index (κ1) is 11.2. The average Bonchev–Trinajstić information content (AvgIpc) is 1.99. The molecule has 0 aromatic heterocycles. The Morgan fingerprint density at radius 3 is 2.43 bits per heavy atom. The predicted octanol–water partition coefficient (Wildman–Crippen LogP) is 2.28. The van der Waals surface area contributed by atoms with Crippen LogP contribution in [0.4, 0.5) is 4.39 Å². The molecule has 0 aliphatic heterocycles. The molecule has 0 saturated heterocycles. The maximum absolute atomic E-state index is 13.1. The fourth-order valence-electron chi connectivity index (χ4n) is 0.891. The lowest BCUT2D eigenvalue weighted by molar-refractivity contribution is 0.574. The Morgan fingerprint density at radius 2 is 2.00 bits per heavy atom. The van der Waals surface area contributed by atoms with Gasteiger partial charge in [0.05, 0.1) is 5.56 Å². The Labute approximate surface area is 89.1 Å². The summed E-state index contributed by atoms with van der Waals surface area (Å²) < 4.78 is 34.8. The van der Waals surface area contributed by atoms with Gasteiger partial charge in [-0.25, -0.2) is 12.8 Å². The third kappa shape index (κ3) is 2.15. The zero-order valence-electron chi connectivity index (χ0n) is 6.46. The molecule has 7 heteroatoms. The summed E-state index contributed by atoms with van der Waals surface area (Å²) >= 11 is 5.42. The van der Waals surface area contributed by atoms with E-state index in [1.165, 1.54) is 6.07 Å². The molecule has 0 atom stereocenters. The van der Waals surface area contributed by atoms with Gasteiger partial charge in [0.2, 0.25) is 0 Å². The molecule has 14 heavy (non-hydrogen) atoms. The maximum atomic E-state index is 13.1. The Balaban J connectivity index is 3.68. The van der Waals surface area contributed by atoms with Crippen molar-refractivity contribution in [1.82, 2.24) is 0 Å². The molecule has 0 unspecified atom stereocenters. The van der Waals surface area contributed by atoms with Crippen LogP contribution in [0.1, 0.15) is 5.56 Å². The number of halogens is 3. The SMILES string of the molecule is N#Cc1cc(Cl)cc(F)c1S(=O)(=O)Cl. The number of rotatable bonds is 1. The summed E-state index contributed by atoms with van der Waals surface area (Å²) in [5.41, 5.74) is -0.412. The van der Waals surface area contributed by atoms with Crippen molar-refractivity contribution in [3.8, 4) is 6.07 Å². The van der Waals surface area contributed by atoms with Crippen LogP contribution in [-0.4, -0.2) is 8.42 Å². The largest absolute Gasteiger partial charge is 0.265 e. The second-order valence-corrected chi connectivity index (χ2v) is 5.25. The van der Waals surface area contributed by atoms with E-state index in [0.29, 0.717) is 0 Å². The normalized spacial score (nSPS) is 11.0. The minimum atomic E-state index is -4.28. The lowest BCUT2D eigenvalue weighted by Gasteiger charge is -2.01. The molecular formula is C7H2Cl2FNO2S. The zero-order valence-corrected chi connectivity index (χ0v) is 8.79. The van der Waals surface area contributed by atoms with Gasteiger partial charge in [-0.3, -0.25) is 0 Å². The predicted molar refractivity (Wildman–Crippen MR) is 49.2 cm³/mol. The van der Waals surface area contributed by atoms with Gasteiger partial charge in [-0.15, -0.1) is 0 Å². The number of hydrogen-bond donors (Lipinski definition) is 0. The van der Waals surface area contributed by atoms with E-state index in [9.17, 15) is 12.8 Å². The van der Waals surface area contributed by atoms with Gasteiger partial charge in [0, 0.05) is 15.7 Å². The van der Waals surface area contributed by atoms with Crippen molar-refractivity contribution in [3.05, 3.63) is 28.5 Å². The van der Waals surface area contributed by atoms with Gasteiger partial charge < -0.3 is 0 Å². The van der Waals surface area contributed by atoms with Gasteiger partial charge in [0.1, 0.15) is 16.8 Å². The first-order valence-corrected chi connectivity index (χ1v) is 5.89. The van der Waals surface area contributed by atoms with Gasteiger partial charge in [0.15, 0.2) is 0 Å². The average molecular weight is 254 g/mol. The fraction of sp³-hybridized carbons (Fsp3) is 0. The van der Waals surface area contributed by atoms with Crippen LogP contribution in [-0.2, 0) is 9.05 Å². The third-order valence-corrected chi connectivity index (χ3v) is 2.96. The van der Waals surface area contributed by atoms with Crippen molar-refractivity contribution in [2.45, 2.75) is 4.90 Å². The van der Waals surface area contributed by atoms with E-state index >= 15 is 0 Å².